The van der Waals surface area contributed by atoms with Gasteiger partial charge in [0.1, 0.15) is 17.4 Å². The lowest BCUT2D eigenvalue weighted by Gasteiger charge is -2.27. The normalized spacial score (nSPS) is 23.9. The van der Waals surface area contributed by atoms with Crippen LogP contribution in [0.5, 0.6) is 17.2 Å². The van der Waals surface area contributed by atoms with E-state index in [-0.39, 0.29) is 47.6 Å². The lowest BCUT2D eigenvalue weighted by molar-refractivity contribution is -0.134. The van der Waals surface area contributed by atoms with Crippen molar-refractivity contribution in [1.29, 1.82) is 5.41 Å². The van der Waals surface area contributed by atoms with Crippen LogP contribution in [-0.4, -0.2) is 64.5 Å². The molecule has 2 aliphatic heterocycles. The van der Waals surface area contributed by atoms with Crippen molar-refractivity contribution in [3.63, 3.8) is 0 Å². The smallest absolute Gasteiger partial charge is 0.342 e. The molecule has 0 unspecified atom stereocenters. The van der Waals surface area contributed by atoms with Crippen LogP contribution in [0.1, 0.15) is 54.9 Å². The molecule has 5 N–H and O–H groups in total. The van der Waals surface area contributed by atoms with Gasteiger partial charge in [-0.05, 0) is 38.7 Å². The number of phenolic OH excluding ortho intramolecular Hbond substituents is 2. The average molecular weight is 472 g/mol. The van der Waals surface area contributed by atoms with Crippen molar-refractivity contribution in [3.05, 3.63) is 41.5 Å². The zero-order valence-electron chi connectivity index (χ0n) is 19.5. The fourth-order valence-corrected chi connectivity index (χ4v) is 4.05. The Morgan fingerprint density at radius 3 is 2.68 bits per heavy atom. The van der Waals surface area contributed by atoms with Crippen LogP contribution >= 0.6 is 0 Å². The number of esters is 1. The topological polar surface area (TPSA) is 146 Å². The molecule has 0 aromatic heterocycles. The minimum atomic E-state index is -0.807. The highest BCUT2D eigenvalue weighted by Crippen LogP contribution is 2.40. The molecule has 0 radical (unpaired) electrons. The monoisotopic (exact) mass is 471 g/mol. The Hall–Kier alpha value is -3.33. The van der Waals surface area contributed by atoms with Crippen LogP contribution in [0.4, 0.5) is 0 Å². The molecule has 1 aromatic carbocycles. The van der Waals surface area contributed by atoms with Crippen LogP contribution in [0.15, 0.2) is 30.4 Å². The molecule has 0 saturated carbocycles. The molecular formula is C25H33N3O6. The van der Waals surface area contributed by atoms with E-state index in [1.54, 1.807) is 24.0 Å². The van der Waals surface area contributed by atoms with Gasteiger partial charge in [-0.3, -0.25) is 4.79 Å². The fraction of sp³-hybridized carbons (Fsp3) is 0.480. The maximum Gasteiger partial charge on any atom is 0.342 e. The molecule has 1 saturated heterocycles. The van der Waals surface area contributed by atoms with E-state index < -0.39 is 23.6 Å². The first-order valence-corrected chi connectivity index (χ1v) is 11.6. The highest BCUT2D eigenvalue weighted by molar-refractivity contribution is 6.00. The molecule has 9 nitrogen and oxygen atoms in total. The summed E-state index contributed by atoms with van der Waals surface area (Å²) in [6.07, 6.45) is 10.2. The van der Waals surface area contributed by atoms with Crippen molar-refractivity contribution < 1.29 is 29.3 Å². The summed E-state index contributed by atoms with van der Waals surface area (Å²) in [6.45, 7) is 2.68. The summed E-state index contributed by atoms with van der Waals surface area (Å²) in [5.41, 5.74) is 6.04. The zero-order valence-corrected chi connectivity index (χ0v) is 19.5. The third-order valence-corrected chi connectivity index (χ3v) is 5.84. The number of benzene rings is 1. The van der Waals surface area contributed by atoms with Gasteiger partial charge >= 0.3 is 5.97 Å². The maximum absolute atomic E-state index is 13.0. The number of piperidine rings is 1. The summed E-state index contributed by atoms with van der Waals surface area (Å²) in [5, 5.41) is 29.4. The van der Waals surface area contributed by atoms with E-state index in [2.05, 4.69) is 0 Å². The lowest BCUT2D eigenvalue weighted by Crippen LogP contribution is -2.38. The largest absolute Gasteiger partial charge is 0.507 e. The minimum Gasteiger partial charge on any atom is -0.507 e. The second-order valence-corrected chi connectivity index (χ2v) is 8.71. The number of nitrogens with two attached hydrogens (primary N) is 1. The standard InChI is InChI=1S/C25H33N3O6/c1-16-7-5-8-17(26)9-6-10-18(27)13-19-23(25(32)34-16)20(29)14-21(30)24(19)33-15-22(31)28-11-3-2-4-12-28/h5-6,8,10,14,16-17,27,29-30H,2-4,7,9,11-13,15,26H2,1H3/b8-5+,10-6+,27-18?/t16-,17-/m1/s1. The van der Waals surface area contributed by atoms with Crippen LogP contribution in [-0.2, 0) is 16.0 Å². The van der Waals surface area contributed by atoms with Gasteiger partial charge in [0, 0.05) is 49.3 Å². The van der Waals surface area contributed by atoms with E-state index >= 15 is 0 Å². The molecule has 3 rings (SSSR count). The Morgan fingerprint density at radius 2 is 1.94 bits per heavy atom. The number of hydrogen-bond donors (Lipinski definition) is 4. The maximum atomic E-state index is 13.0. The van der Waals surface area contributed by atoms with E-state index in [1.165, 1.54) is 0 Å². The van der Waals surface area contributed by atoms with Crippen LogP contribution in [0, 0.1) is 5.41 Å². The molecule has 0 aliphatic carbocycles. The van der Waals surface area contributed by atoms with Crippen molar-refractivity contribution in [1.82, 2.24) is 4.90 Å². The quantitative estimate of drug-likeness (QED) is 0.392. The van der Waals surface area contributed by atoms with E-state index in [0.29, 0.717) is 25.9 Å². The molecule has 1 aromatic rings. The first-order valence-electron chi connectivity index (χ1n) is 11.6. The number of amides is 1. The van der Waals surface area contributed by atoms with Crippen LogP contribution in [0.25, 0.3) is 0 Å². The number of carbonyl (C=O) groups excluding carboxylic acids is 2. The van der Waals surface area contributed by atoms with Crippen LogP contribution in [0.3, 0.4) is 0 Å². The summed E-state index contributed by atoms with van der Waals surface area (Å²) in [6, 6.07) is 0.752. The SMILES string of the molecule is C[C@@H]1C/C=C/[C@@H](N)C/C=C/C(=N)Cc2c(OCC(=O)N3CCCCC3)c(O)cc(O)c2C(=O)O1. The number of fused-ring (bicyclic) bond motifs is 1. The number of aromatic hydroxyl groups is 2. The second kappa shape index (κ2) is 11.7. The molecule has 1 fully saturated rings. The number of nitrogens with zero attached hydrogens (tertiary/aromatic N) is 1. The van der Waals surface area contributed by atoms with Crippen molar-refractivity contribution in [2.24, 2.45) is 5.73 Å². The van der Waals surface area contributed by atoms with Gasteiger partial charge in [0.25, 0.3) is 5.91 Å². The van der Waals surface area contributed by atoms with E-state index in [0.717, 1.165) is 25.3 Å². The number of ether oxygens (including phenoxy) is 2. The van der Waals surface area contributed by atoms with Gasteiger partial charge < -0.3 is 35.7 Å². The van der Waals surface area contributed by atoms with Crippen LogP contribution in [0.2, 0.25) is 0 Å². The molecular weight excluding hydrogens is 438 g/mol. The third-order valence-electron chi connectivity index (χ3n) is 5.84. The minimum absolute atomic E-state index is 0.0905. The Kier molecular flexibility index (Phi) is 8.70. The fourth-order valence-electron chi connectivity index (χ4n) is 4.05. The Bertz CT molecular complexity index is 981. The van der Waals surface area contributed by atoms with E-state index in [9.17, 15) is 19.8 Å². The summed E-state index contributed by atoms with van der Waals surface area (Å²) in [7, 11) is 0. The lowest BCUT2D eigenvalue weighted by atomic mass is 9.98. The molecule has 1 amide bonds. The summed E-state index contributed by atoms with van der Waals surface area (Å²) in [4.78, 5) is 27.3. The van der Waals surface area contributed by atoms with Crippen molar-refractivity contribution in [2.45, 2.75) is 57.6 Å². The number of nitrogens with one attached hydrogen (secondary N) is 1. The van der Waals surface area contributed by atoms with Crippen molar-refractivity contribution in [2.75, 3.05) is 19.7 Å². The van der Waals surface area contributed by atoms with Crippen LogP contribution < -0.4 is 10.5 Å². The van der Waals surface area contributed by atoms with Crippen molar-refractivity contribution >= 4 is 17.6 Å². The second-order valence-electron chi connectivity index (χ2n) is 8.71. The average Bonchev–Trinajstić information content (AvgIpc) is 2.78. The molecule has 34 heavy (non-hydrogen) atoms. The Labute approximate surface area is 199 Å². The molecule has 9 heteroatoms. The van der Waals surface area contributed by atoms with Gasteiger partial charge in [0.2, 0.25) is 0 Å². The molecule has 2 aliphatic rings. The molecule has 2 heterocycles. The zero-order chi connectivity index (χ0) is 24.7. The number of hydrogen-bond acceptors (Lipinski definition) is 8. The first-order chi connectivity index (χ1) is 16.3. The van der Waals surface area contributed by atoms with Gasteiger partial charge in [0.15, 0.2) is 18.1 Å². The van der Waals surface area contributed by atoms with E-state index in [1.807, 2.05) is 12.2 Å². The number of allylic oxidation sites excluding steroid dienone is 1. The number of likely N-dealkylation sites (tertiary alicyclic amines) is 1. The van der Waals surface area contributed by atoms with Gasteiger partial charge in [0.05, 0.1) is 0 Å². The predicted octanol–water partition coefficient (Wildman–Crippen LogP) is 2.83. The number of rotatable bonds is 3. The Balaban J connectivity index is 1.95. The van der Waals surface area contributed by atoms with Gasteiger partial charge in [-0.1, -0.05) is 18.2 Å². The summed E-state index contributed by atoms with van der Waals surface area (Å²) >= 11 is 0. The van der Waals surface area contributed by atoms with Gasteiger partial charge in [-0.25, -0.2) is 4.79 Å². The van der Waals surface area contributed by atoms with Gasteiger partial charge in [-0.15, -0.1) is 0 Å². The first kappa shape index (κ1) is 25.3. The van der Waals surface area contributed by atoms with Gasteiger partial charge in [-0.2, -0.15) is 0 Å². The number of cyclic esters (lactones) is 1. The number of carbonyl (C=O) groups is 2. The summed E-state index contributed by atoms with van der Waals surface area (Å²) in [5.74, 6) is -2.07. The van der Waals surface area contributed by atoms with E-state index in [4.69, 9.17) is 20.6 Å². The number of phenols is 2. The molecule has 184 valence electrons. The molecule has 0 spiro atoms. The Morgan fingerprint density at radius 1 is 1.21 bits per heavy atom. The highest BCUT2D eigenvalue weighted by Gasteiger charge is 2.28. The third kappa shape index (κ3) is 6.60. The summed E-state index contributed by atoms with van der Waals surface area (Å²) < 4.78 is 11.2. The van der Waals surface area contributed by atoms with Crippen molar-refractivity contribution in [3.8, 4) is 17.2 Å². The predicted molar refractivity (Wildman–Crippen MR) is 127 cm³/mol. The molecule has 0 bridgehead atoms. The highest BCUT2D eigenvalue weighted by atomic mass is 16.5. The molecule has 2 atom stereocenters.